The van der Waals surface area contributed by atoms with Gasteiger partial charge in [0, 0.05) is 12.1 Å². The lowest BCUT2D eigenvalue weighted by Crippen LogP contribution is -2.29. The summed E-state index contributed by atoms with van der Waals surface area (Å²) in [4.78, 5) is 13.0. The minimum Gasteiger partial charge on any atom is -0.508 e. The number of aromatic hydroxyl groups is 1. The van der Waals surface area contributed by atoms with Crippen molar-refractivity contribution in [2.24, 2.45) is 0 Å². The van der Waals surface area contributed by atoms with Gasteiger partial charge in [0.05, 0.1) is 13.0 Å². The number of nitrogens with zero attached hydrogens (tertiary/aromatic N) is 1. The summed E-state index contributed by atoms with van der Waals surface area (Å²) in [5.74, 6) is -0.239. The SMILES string of the molecule is CN(CCC(F)(F)F)CC(=O)c1ccc(O)cc1. The van der Waals surface area contributed by atoms with E-state index in [-0.39, 0.29) is 24.6 Å². The zero-order valence-electron chi connectivity index (χ0n) is 9.87. The fraction of sp³-hybridized carbons (Fsp3) is 0.417. The molecule has 0 aliphatic carbocycles. The summed E-state index contributed by atoms with van der Waals surface area (Å²) in [5.41, 5.74) is 0.367. The van der Waals surface area contributed by atoms with Crippen LogP contribution in [0.25, 0.3) is 0 Å². The van der Waals surface area contributed by atoms with Gasteiger partial charge in [0.15, 0.2) is 5.78 Å². The van der Waals surface area contributed by atoms with Crippen LogP contribution in [-0.2, 0) is 0 Å². The zero-order chi connectivity index (χ0) is 13.8. The number of hydrogen-bond donors (Lipinski definition) is 1. The molecular formula is C12H14F3NO2. The van der Waals surface area contributed by atoms with Crippen LogP contribution in [0.15, 0.2) is 24.3 Å². The molecule has 100 valence electrons. The number of carbonyl (C=O) groups is 1. The Kier molecular flexibility index (Phi) is 4.72. The predicted molar refractivity (Wildman–Crippen MR) is 60.6 cm³/mol. The van der Waals surface area contributed by atoms with Gasteiger partial charge in [-0.05, 0) is 31.3 Å². The summed E-state index contributed by atoms with van der Waals surface area (Å²) in [7, 11) is 1.46. The Balaban J connectivity index is 2.47. The third-order valence-corrected chi connectivity index (χ3v) is 2.38. The van der Waals surface area contributed by atoms with Gasteiger partial charge < -0.3 is 5.11 Å². The highest BCUT2D eigenvalue weighted by Crippen LogP contribution is 2.19. The molecule has 0 amide bonds. The fourth-order valence-electron chi connectivity index (χ4n) is 1.38. The number of hydrogen-bond acceptors (Lipinski definition) is 3. The summed E-state index contributed by atoms with van der Waals surface area (Å²) >= 11 is 0. The first-order valence-electron chi connectivity index (χ1n) is 5.35. The summed E-state index contributed by atoms with van der Waals surface area (Å²) < 4.78 is 35.9. The molecule has 1 N–H and O–H groups in total. The Hall–Kier alpha value is -1.56. The van der Waals surface area contributed by atoms with Crippen molar-refractivity contribution < 1.29 is 23.1 Å². The first-order valence-corrected chi connectivity index (χ1v) is 5.35. The molecule has 0 aliphatic rings. The van der Waals surface area contributed by atoms with E-state index in [0.29, 0.717) is 5.56 Å². The van der Waals surface area contributed by atoms with Gasteiger partial charge in [0.1, 0.15) is 5.75 Å². The largest absolute Gasteiger partial charge is 0.508 e. The molecule has 1 aromatic carbocycles. The van der Waals surface area contributed by atoms with Crippen molar-refractivity contribution in [1.82, 2.24) is 4.90 Å². The molecule has 0 saturated carbocycles. The summed E-state index contributed by atoms with van der Waals surface area (Å²) in [5, 5.41) is 9.05. The van der Waals surface area contributed by atoms with E-state index in [1.54, 1.807) is 0 Å². The maximum Gasteiger partial charge on any atom is 0.390 e. The number of Topliss-reactive ketones (excluding diaryl/α,β-unsaturated/α-hetero) is 1. The van der Waals surface area contributed by atoms with Crippen LogP contribution in [-0.4, -0.2) is 42.1 Å². The number of benzene rings is 1. The van der Waals surface area contributed by atoms with Crippen LogP contribution < -0.4 is 0 Å². The van der Waals surface area contributed by atoms with E-state index in [9.17, 15) is 18.0 Å². The van der Waals surface area contributed by atoms with Crippen LogP contribution in [0, 0.1) is 0 Å². The van der Waals surface area contributed by atoms with Gasteiger partial charge in [0.2, 0.25) is 0 Å². The van der Waals surface area contributed by atoms with Crippen LogP contribution in [0.1, 0.15) is 16.8 Å². The van der Waals surface area contributed by atoms with E-state index >= 15 is 0 Å². The molecular weight excluding hydrogens is 247 g/mol. The minimum absolute atomic E-state index is 0.0389. The van der Waals surface area contributed by atoms with Crippen molar-refractivity contribution in [3.05, 3.63) is 29.8 Å². The van der Waals surface area contributed by atoms with Crippen LogP contribution in [0.4, 0.5) is 13.2 Å². The molecule has 0 atom stereocenters. The molecule has 6 heteroatoms. The quantitative estimate of drug-likeness (QED) is 0.828. The lowest BCUT2D eigenvalue weighted by Gasteiger charge is -2.16. The molecule has 1 rings (SSSR count). The molecule has 0 radical (unpaired) electrons. The Morgan fingerprint density at radius 3 is 2.33 bits per heavy atom. The lowest BCUT2D eigenvalue weighted by molar-refractivity contribution is -0.137. The van der Waals surface area contributed by atoms with Gasteiger partial charge in [-0.3, -0.25) is 9.69 Å². The molecule has 0 aromatic heterocycles. The monoisotopic (exact) mass is 261 g/mol. The van der Waals surface area contributed by atoms with Gasteiger partial charge in [-0.25, -0.2) is 0 Å². The van der Waals surface area contributed by atoms with Crippen molar-refractivity contribution >= 4 is 5.78 Å². The Labute approximate surface area is 103 Å². The minimum atomic E-state index is -4.21. The van der Waals surface area contributed by atoms with E-state index in [4.69, 9.17) is 5.11 Å². The number of halogens is 3. The van der Waals surface area contributed by atoms with E-state index in [2.05, 4.69) is 0 Å². The van der Waals surface area contributed by atoms with Crippen molar-refractivity contribution in [3.8, 4) is 5.75 Å². The zero-order valence-corrected chi connectivity index (χ0v) is 9.87. The maximum absolute atomic E-state index is 12.0. The second-order valence-electron chi connectivity index (χ2n) is 4.07. The number of rotatable bonds is 5. The van der Waals surface area contributed by atoms with Gasteiger partial charge in [-0.15, -0.1) is 0 Å². The van der Waals surface area contributed by atoms with Gasteiger partial charge in [0.25, 0.3) is 0 Å². The Morgan fingerprint density at radius 1 is 1.28 bits per heavy atom. The Morgan fingerprint density at radius 2 is 1.83 bits per heavy atom. The van der Waals surface area contributed by atoms with E-state index < -0.39 is 12.6 Å². The van der Waals surface area contributed by atoms with Crippen LogP contribution in [0.5, 0.6) is 5.75 Å². The second-order valence-corrected chi connectivity index (χ2v) is 4.07. The van der Waals surface area contributed by atoms with Crippen molar-refractivity contribution in [1.29, 1.82) is 0 Å². The van der Waals surface area contributed by atoms with Gasteiger partial charge >= 0.3 is 6.18 Å². The number of phenols is 1. The smallest absolute Gasteiger partial charge is 0.390 e. The summed E-state index contributed by atoms with van der Waals surface area (Å²) in [6.07, 6.45) is -5.15. The average molecular weight is 261 g/mol. The van der Waals surface area contributed by atoms with Crippen LogP contribution in [0.3, 0.4) is 0 Å². The van der Waals surface area contributed by atoms with E-state index in [1.165, 1.54) is 36.2 Å². The number of carbonyl (C=O) groups excluding carboxylic acids is 1. The molecule has 0 unspecified atom stereocenters. The molecule has 0 spiro atoms. The highest BCUT2D eigenvalue weighted by atomic mass is 19.4. The molecule has 0 saturated heterocycles. The summed E-state index contributed by atoms with van der Waals surface area (Å²) in [6.45, 7) is -0.297. The molecule has 0 aliphatic heterocycles. The number of alkyl halides is 3. The number of ketones is 1. The van der Waals surface area contributed by atoms with Gasteiger partial charge in [-0.2, -0.15) is 13.2 Å². The second kappa shape index (κ2) is 5.86. The third kappa shape index (κ3) is 5.18. The lowest BCUT2D eigenvalue weighted by atomic mass is 10.1. The standard InChI is InChI=1S/C12H14F3NO2/c1-16(7-6-12(13,14)15)8-11(18)9-2-4-10(17)5-3-9/h2-5,17H,6-8H2,1H3. The number of phenolic OH excluding ortho intramolecular Hbond substituents is 1. The van der Waals surface area contributed by atoms with Crippen molar-refractivity contribution in [2.75, 3.05) is 20.1 Å². The third-order valence-electron chi connectivity index (χ3n) is 2.38. The van der Waals surface area contributed by atoms with Crippen molar-refractivity contribution in [3.63, 3.8) is 0 Å². The molecule has 3 nitrogen and oxygen atoms in total. The predicted octanol–water partition coefficient (Wildman–Crippen LogP) is 2.46. The average Bonchev–Trinajstić information content (AvgIpc) is 2.26. The maximum atomic E-state index is 12.0. The van der Waals surface area contributed by atoms with E-state index in [1.807, 2.05) is 0 Å². The highest BCUT2D eigenvalue weighted by Gasteiger charge is 2.27. The summed E-state index contributed by atoms with van der Waals surface area (Å²) in [6, 6.07) is 5.61. The molecule has 18 heavy (non-hydrogen) atoms. The topological polar surface area (TPSA) is 40.5 Å². The van der Waals surface area contributed by atoms with Crippen molar-refractivity contribution in [2.45, 2.75) is 12.6 Å². The normalized spacial score (nSPS) is 11.8. The molecule has 0 bridgehead atoms. The fourth-order valence-corrected chi connectivity index (χ4v) is 1.38. The Bertz CT molecular complexity index is 401. The van der Waals surface area contributed by atoms with Crippen LogP contribution in [0.2, 0.25) is 0 Å². The van der Waals surface area contributed by atoms with Crippen LogP contribution >= 0.6 is 0 Å². The molecule has 0 heterocycles. The first kappa shape index (κ1) is 14.5. The van der Waals surface area contributed by atoms with Gasteiger partial charge in [-0.1, -0.05) is 0 Å². The first-order chi connectivity index (χ1) is 8.28. The molecule has 1 aromatic rings. The van der Waals surface area contributed by atoms with E-state index in [0.717, 1.165) is 0 Å². The number of likely N-dealkylation sites (N-methyl/N-ethyl adjacent to an activating group) is 1. The molecule has 0 fully saturated rings. The highest BCUT2D eigenvalue weighted by molar-refractivity contribution is 5.97.